The lowest BCUT2D eigenvalue weighted by Crippen LogP contribution is -2.37. The molecule has 2 heterocycles. The lowest BCUT2D eigenvalue weighted by molar-refractivity contribution is -0.152. The number of nitrogens with zero attached hydrogens (tertiary/aromatic N) is 3. The molecule has 0 aliphatic rings. The van der Waals surface area contributed by atoms with Crippen LogP contribution in [-0.4, -0.2) is 31.6 Å². The summed E-state index contributed by atoms with van der Waals surface area (Å²) >= 11 is 6.43. The molecule has 0 aliphatic carbocycles. The average Bonchev–Trinajstić information content (AvgIpc) is 2.79. The van der Waals surface area contributed by atoms with E-state index < -0.39 is 11.6 Å². The normalized spacial score (nSPS) is 11.2. The minimum absolute atomic E-state index is 0.296. The van der Waals surface area contributed by atoms with E-state index in [-0.39, 0.29) is 0 Å². The molecule has 8 nitrogen and oxygen atoms in total. The minimum Gasteiger partial charge on any atom is -0.486 e. The summed E-state index contributed by atoms with van der Waals surface area (Å²) in [4.78, 5) is 24.4. The second-order valence-corrected chi connectivity index (χ2v) is 8.08. The SMILES string of the molecule is CC(C)(Oc1cccc2ncnc(Nc3ccc(OCc4ccccn4)c(Cl)c3)c12)C(=O)O. The summed E-state index contributed by atoms with van der Waals surface area (Å²) in [5.74, 6) is 0.242. The van der Waals surface area contributed by atoms with Gasteiger partial charge >= 0.3 is 5.97 Å². The molecule has 4 aromatic rings. The van der Waals surface area contributed by atoms with Gasteiger partial charge in [-0.1, -0.05) is 23.7 Å². The van der Waals surface area contributed by atoms with Crippen LogP contribution < -0.4 is 14.8 Å². The minimum atomic E-state index is -1.43. The van der Waals surface area contributed by atoms with Crippen molar-refractivity contribution in [1.29, 1.82) is 0 Å². The number of pyridine rings is 1. The lowest BCUT2D eigenvalue weighted by Gasteiger charge is -2.23. The zero-order valence-electron chi connectivity index (χ0n) is 17.9. The Morgan fingerprint density at radius 2 is 1.91 bits per heavy atom. The highest BCUT2D eigenvalue weighted by atomic mass is 35.5. The van der Waals surface area contributed by atoms with Crippen LogP contribution in [0, 0.1) is 0 Å². The topological polar surface area (TPSA) is 106 Å². The number of halogens is 1. The summed E-state index contributed by atoms with van der Waals surface area (Å²) in [6, 6.07) is 16.1. The van der Waals surface area contributed by atoms with Gasteiger partial charge in [-0.25, -0.2) is 14.8 Å². The fourth-order valence-corrected chi connectivity index (χ4v) is 3.28. The molecule has 0 saturated carbocycles. The first-order chi connectivity index (χ1) is 15.8. The number of carboxylic acid groups (broad SMARTS) is 1. The number of nitrogens with one attached hydrogen (secondary N) is 1. The fraction of sp³-hybridized carbons (Fsp3) is 0.167. The van der Waals surface area contributed by atoms with Crippen molar-refractivity contribution in [2.75, 3.05) is 5.32 Å². The van der Waals surface area contributed by atoms with E-state index in [9.17, 15) is 9.90 Å². The Balaban J connectivity index is 1.60. The van der Waals surface area contributed by atoms with Gasteiger partial charge in [-0.05, 0) is 56.3 Å². The van der Waals surface area contributed by atoms with Crippen molar-refractivity contribution < 1.29 is 19.4 Å². The predicted molar refractivity (Wildman–Crippen MR) is 125 cm³/mol. The Kier molecular flexibility index (Phi) is 6.28. The van der Waals surface area contributed by atoms with Crippen molar-refractivity contribution in [2.45, 2.75) is 26.1 Å². The summed E-state index contributed by atoms with van der Waals surface area (Å²) in [5, 5.41) is 13.6. The van der Waals surface area contributed by atoms with E-state index in [0.29, 0.717) is 45.5 Å². The van der Waals surface area contributed by atoms with Gasteiger partial charge in [0.2, 0.25) is 0 Å². The van der Waals surface area contributed by atoms with Crippen LogP contribution in [0.1, 0.15) is 19.5 Å². The highest BCUT2D eigenvalue weighted by Crippen LogP contribution is 2.35. The maximum atomic E-state index is 11.5. The number of carbonyl (C=O) groups is 1. The number of hydrogen-bond donors (Lipinski definition) is 2. The second kappa shape index (κ2) is 9.30. The van der Waals surface area contributed by atoms with E-state index in [0.717, 1.165) is 5.69 Å². The third kappa shape index (κ3) is 5.12. The molecule has 0 unspecified atom stereocenters. The van der Waals surface area contributed by atoms with E-state index >= 15 is 0 Å². The largest absolute Gasteiger partial charge is 0.486 e. The third-order valence-electron chi connectivity index (χ3n) is 4.80. The number of benzene rings is 2. The molecule has 0 amide bonds. The van der Waals surface area contributed by atoms with Gasteiger partial charge in [0.05, 0.1) is 21.6 Å². The fourth-order valence-electron chi connectivity index (χ4n) is 3.04. The standard InChI is InChI=1S/C24H21ClN4O4/c1-24(2,23(30)31)33-20-8-5-7-18-21(20)22(28-14-27-18)29-15-9-10-19(17(25)12-15)32-13-16-6-3-4-11-26-16/h3-12,14H,13H2,1-2H3,(H,30,31)(H,27,28,29). The van der Waals surface area contributed by atoms with Crippen LogP contribution in [0.5, 0.6) is 11.5 Å². The van der Waals surface area contributed by atoms with Gasteiger partial charge in [-0.2, -0.15) is 0 Å². The Labute approximate surface area is 195 Å². The molecule has 0 spiro atoms. The summed E-state index contributed by atoms with van der Waals surface area (Å²) in [7, 11) is 0. The predicted octanol–water partition coefficient (Wildman–Crippen LogP) is 5.24. The molecule has 0 atom stereocenters. The van der Waals surface area contributed by atoms with Gasteiger partial charge in [0.25, 0.3) is 0 Å². The number of hydrogen-bond acceptors (Lipinski definition) is 7. The number of ether oxygens (including phenoxy) is 2. The number of aliphatic carboxylic acids is 1. The van der Waals surface area contributed by atoms with Gasteiger partial charge in [0, 0.05) is 11.9 Å². The maximum Gasteiger partial charge on any atom is 0.347 e. The third-order valence-corrected chi connectivity index (χ3v) is 5.10. The van der Waals surface area contributed by atoms with E-state index in [1.54, 1.807) is 42.6 Å². The van der Waals surface area contributed by atoms with Crippen LogP contribution >= 0.6 is 11.6 Å². The van der Waals surface area contributed by atoms with Crippen molar-refractivity contribution in [3.05, 3.63) is 77.8 Å². The van der Waals surface area contributed by atoms with E-state index in [1.807, 2.05) is 18.2 Å². The number of anilines is 2. The van der Waals surface area contributed by atoms with Crippen LogP contribution in [0.2, 0.25) is 5.02 Å². The highest BCUT2D eigenvalue weighted by molar-refractivity contribution is 6.32. The van der Waals surface area contributed by atoms with Crippen LogP contribution in [0.25, 0.3) is 10.9 Å². The maximum absolute atomic E-state index is 11.5. The molecule has 9 heteroatoms. The van der Waals surface area contributed by atoms with Gasteiger partial charge in [0.1, 0.15) is 30.3 Å². The summed E-state index contributed by atoms with van der Waals surface area (Å²) in [5.41, 5.74) is 0.627. The lowest BCUT2D eigenvalue weighted by atomic mass is 10.1. The Hall–Kier alpha value is -3.91. The van der Waals surface area contributed by atoms with Crippen molar-refractivity contribution in [3.63, 3.8) is 0 Å². The second-order valence-electron chi connectivity index (χ2n) is 7.67. The summed E-state index contributed by atoms with van der Waals surface area (Å²) in [6.45, 7) is 3.26. The smallest absolute Gasteiger partial charge is 0.347 e. The molecule has 0 radical (unpaired) electrons. The highest BCUT2D eigenvalue weighted by Gasteiger charge is 2.30. The monoisotopic (exact) mass is 464 g/mol. The Morgan fingerprint density at radius 1 is 1.06 bits per heavy atom. The number of carboxylic acids is 1. The molecular weight excluding hydrogens is 444 g/mol. The Bertz CT molecular complexity index is 1290. The van der Waals surface area contributed by atoms with E-state index in [1.165, 1.54) is 20.2 Å². The van der Waals surface area contributed by atoms with Crippen LogP contribution in [-0.2, 0) is 11.4 Å². The molecule has 2 N–H and O–H groups in total. The molecule has 33 heavy (non-hydrogen) atoms. The average molecular weight is 465 g/mol. The summed E-state index contributed by atoms with van der Waals surface area (Å²) in [6.07, 6.45) is 3.12. The van der Waals surface area contributed by atoms with Crippen LogP contribution in [0.15, 0.2) is 67.1 Å². The van der Waals surface area contributed by atoms with E-state index in [4.69, 9.17) is 21.1 Å². The summed E-state index contributed by atoms with van der Waals surface area (Å²) < 4.78 is 11.6. The molecule has 2 aromatic carbocycles. The first kappa shape index (κ1) is 22.3. The molecule has 4 rings (SSSR count). The van der Waals surface area contributed by atoms with Gasteiger partial charge in [-0.15, -0.1) is 0 Å². The zero-order chi connectivity index (χ0) is 23.4. The first-order valence-corrected chi connectivity index (χ1v) is 10.5. The molecule has 0 fully saturated rings. The van der Waals surface area contributed by atoms with Gasteiger partial charge in [0.15, 0.2) is 5.60 Å². The quantitative estimate of drug-likeness (QED) is 0.364. The van der Waals surface area contributed by atoms with Crippen molar-refractivity contribution in [3.8, 4) is 11.5 Å². The van der Waals surface area contributed by atoms with Crippen LogP contribution in [0.3, 0.4) is 0 Å². The van der Waals surface area contributed by atoms with Gasteiger partial charge in [-0.3, -0.25) is 4.98 Å². The van der Waals surface area contributed by atoms with Gasteiger partial charge < -0.3 is 19.9 Å². The zero-order valence-corrected chi connectivity index (χ0v) is 18.7. The molecule has 0 saturated heterocycles. The molecule has 0 aliphatic heterocycles. The van der Waals surface area contributed by atoms with Crippen LogP contribution in [0.4, 0.5) is 11.5 Å². The van der Waals surface area contributed by atoms with Crippen molar-refractivity contribution >= 4 is 40.0 Å². The number of aromatic nitrogens is 3. The molecule has 168 valence electrons. The van der Waals surface area contributed by atoms with Crippen molar-refractivity contribution in [2.24, 2.45) is 0 Å². The number of rotatable bonds is 8. The first-order valence-electron chi connectivity index (χ1n) is 10.1. The van der Waals surface area contributed by atoms with Crippen molar-refractivity contribution in [1.82, 2.24) is 15.0 Å². The molecular formula is C24H21ClN4O4. The molecule has 0 bridgehead atoms. The molecule has 2 aromatic heterocycles. The Morgan fingerprint density at radius 3 is 2.64 bits per heavy atom. The van der Waals surface area contributed by atoms with E-state index in [2.05, 4.69) is 20.3 Å². The number of fused-ring (bicyclic) bond motifs is 1.